The average Bonchev–Trinajstić information content (AvgIpc) is 3.02. The molecule has 0 saturated carbocycles. The molecular formula is C18H16N2O. The van der Waals surface area contributed by atoms with Gasteiger partial charge in [-0.15, -0.1) is 0 Å². The summed E-state index contributed by atoms with van der Waals surface area (Å²) < 4.78 is 0. The van der Waals surface area contributed by atoms with E-state index in [4.69, 9.17) is 0 Å². The summed E-state index contributed by atoms with van der Waals surface area (Å²) in [5.74, 6) is 0. The Balaban J connectivity index is 1.88. The SMILES string of the molecule is OC(c1cccc2c1NCC2)c1cccc2ccncc12. The zero-order chi connectivity index (χ0) is 14.2. The molecule has 0 amide bonds. The molecular weight excluding hydrogens is 260 g/mol. The maximum absolute atomic E-state index is 10.9. The van der Waals surface area contributed by atoms with E-state index in [-0.39, 0.29) is 0 Å². The van der Waals surface area contributed by atoms with Crippen molar-refractivity contribution < 1.29 is 5.11 Å². The molecule has 4 rings (SSSR count). The van der Waals surface area contributed by atoms with Crippen LogP contribution in [-0.2, 0) is 6.42 Å². The van der Waals surface area contributed by atoms with E-state index in [1.54, 1.807) is 6.20 Å². The van der Waals surface area contributed by atoms with Crippen molar-refractivity contribution >= 4 is 16.5 Å². The maximum atomic E-state index is 10.9. The summed E-state index contributed by atoms with van der Waals surface area (Å²) in [5, 5.41) is 16.4. The summed E-state index contributed by atoms with van der Waals surface area (Å²) in [4.78, 5) is 4.20. The molecule has 21 heavy (non-hydrogen) atoms. The first-order valence-electron chi connectivity index (χ1n) is 7.21. The predicted octanol–water partition coefficient (Wildman–Crippen LogP) is 3.28. The molecule has 3 aromatic rings. The van der Waals surface area contributed by atoms with Crippen LogP contribution in [0.4, 0.5) is 5.69 Å². The van der Waals surface area contributed by atoms with Crippen molar-refractivity contribution in [2.24, 2.45) is 0 Å². The molecule has 1 aliphatic heterocycles. The van der Waals surface area contributed by atoms with E-state index < -0.39 is 6.10 Å². The van der Waals surface area contributed by atoms with Crippen LogP contribution in [0.2, 0.25) is 0 Å². The molecule has 0 spiro atoms. The van der Waals surface area contributed by atoms with Crippen molar-refractivity contribution in [3.05, 3.63) is 71.5 Å². The van der Waals surface area contributed by atoms with E-state index in [9.17, 15) is 5.11 Å². The Hall–Kier alpha value is -2.39. The number of benzene rings is 2. The number of hydrogen-bond acceptors (Lipinski definition) is 3. The molecule has 3 heteroatoms. The Morgan fingerprint density at radius 3 is 2.86 bits per heavy atom. The fraction of sp³-hybridized carbons (Fsp3) is 0.167. The lowest BCUT2D eigenvalue weighted by atomic mass is 9.94. The third-order valence-electron chi connectivity index (χ3n) is 4.19. The van der Waals surface area contributed by atoms with Gasteiger partial charge in [0.1, 0.15) is 6.10 Å². The monoisotopic (exact) mass is 276 g/mol. The van der Waals surface area contributed by atoms with Gasteiger partial charge >= 0.3 is 0 Å². The Kier molecular flexibility index (Phi) is 2.86. The third-order valence-corrected chi connectivity index (χ3v) is 4.19. The van der Waals surface area contributed by atoms with E-state index in [1.165, 1.54) is 5.56 Å². The minimum Gasteiger partial charge on any atom is -0.384 e. The number of aliphatic hydroxyl groups excluding tert-OH is 1. The highest BCUT2D eigenvalue weighted by Crippen LogP contribution is 2.36. The van der Waals surface area contributed by atoms with Crippen LogP contribution < -0.4 is 5.32 Å². The molecule has 2 N–H and O–H groups in total. The van der Waals surface area contributed by atoms with E-state index in [0.717, 1.165) is 40.6 Å². The van der Waals surface area contributed by atoms with Gasteiger partial charge in [-0.25, -0.2) is 0 Å². The molecule has 1 atom stereocenters. The number of rotatable bonds is 2. The van der Waals surface area contributed by atoms with Gasteiger partial charge in [0.25, 0.3) is 0 Å². The van der Waals surface area contributed by atoms with Crippen molar-refractivity contribution in [1.29, 1.82) is 0 Å². The van der Waals surface area contributed by atoms with Crippen LogP contribution in [0.5, 0.6) is 0 Å². The van der Waals surface area contributed by atoms with Crippen LogP contribution in [0.3, 0.4) is 0 Å². The second-order valence-electron chi connectivity index (χ2n) is 5.40. The number of fused-ring (bicyclic) bond motifs is 2. The van der Waals surface area contributed by atoms with Gasteiger partial charge in [0.05, 0.1) is 0 Å². The number of nitrogens with zero attached hydrogens (tertiary/aromatic N) is 1. The smallest absolute Gasteiger partial charge is 0.107 e. The Bertz CT molecular complexity index is 808. The topological polar surface area (TPSA) is 45.1 Å². The second kappa shape index (κ2) is 4.86. The van der Waals surface area contributed by atoms with E-state index in [0.29, 0.717) is 0 Å². The van der Waals surface area contributed by atoms with Gasteiger partial charge in [0, 0.05) is 35.6 Å². The molecule has 1 aromatic heterocycles. The maximum Gasteiger partial charge on any atom is 0.107 e. The van der Waals surface area contributed by atoms with Gasteiger partial charge in [0.2, 0.25) is 0 Å². The first-order chi connectivity index (χ1) is 10.3. The van der Waals surface area contributed by atoms with Crippen LogP contribution in [0, 0.1) is 0 Å². The van der Waals surface area contributed by atoms with Crippen molar-refractivity contribution in [1.82, 2.24) is 4.98 Å². The van der Waals surface area contributed by atoms with Crippen LogP contribution in [0.15, 0.2) is 54.9 Å². The Morgan fingerprint density at radius 2 is 1.90 bits per heavy atom. The largest absolute Gasteiger partial charge is 0.384 e. The van der Waals surface area contributed by atoms with Crippen molar-refractivity contribution in [2.75, 3.05) is 11.9 Å². The van der Waals surface area contributed by atoms with Crippen molar-refractivity contribution in [2.45, 2.75) is 12.5 Å². The molecule has 1 unspecified atom stereocenters. The number of aromatic nitrogens is 1. The Labute approximate surface area is 123 Å². The number of hydrogen-bond donors (Lipinski definition) is 2. The highest BCUT2D eigenvalue weighted by molar-refractivity contribution is 5.85. The summed E-state index contributed by atoms with van der Waals surface area (Å²) in [5.41, 5.74) is 4.22. The zero-order valence-electron chi connectivity index (χ0n) is 11.6. The average molecular weight is 276 g/mol. The fourth-order valence-electron chi connectivity index (χ4n) is 3.14. The molecule has 2 aromatic carbocycles. The minimum absolute atomic E-state index is 0.640. The summed E-state index contributed by atoms with van der Waals surface area (Å²) in [6, 6.07) is 14.1. The minimum atomic E-state index is -0.640. The summed E-state index contributed by atoms with van der Waals surface area (Å²) in [6.45, 7) is 0.941. The molecule has 0 saturated heterocycles. The summed E-state index contributed by atoms with van der Waals surface area (Å²) >= 11 is 0. The highest BCUT2D eigenvalue weighted by Gasteiger charge is 2.21. The number of nitrogens with one attached hydrogen (secondary N) is 1. The first-order valence-corrected chi connectivity index (χ1v) is 7.21. The van der Waals surface area contributed by atoms with Crippen LogP contribution in [0.25, 0.3) is 10.8 Å². The second-order valence-corrected chi connectivity index (χ2v) is 5.40. The van der Waals surface area contributed by atoms with Crippen molar-refractivity contribution in [3.63, 3.8) is 0 Å². The lowest BCUT2D eigenvalue weighted by molar-refractivity contribution is 0.222. The van der Waals surface area contributed by atoms with Crippen LogP contribution in [-0.4, -0.2) is 16.6 Å². The highest BCUT2D eigenvalue weighted by atomic mass is 16.3. The van der Waals surface area contributed by atoms with Crippen LogP contribution in [0.1, 0.15) is 22.8 Å². The number of para-hydroxylation sites is 1. The number of aliphatic hydroxyl groups is 1. The third kappa shape index (κ3) is 1.98. The number of pyridine rings is 1. The lowest BCUT2D eigenvalue weighted by Gasteiger charge is -2.17. The normalized spacial score (nSPS) is 14.7. The summed E-state index contributed by atoms with van der Waals surface area (Å²) in [7, 11) is 0. The van der Waals surface area contributed by atoms with Crippen LogP contribution >= 0.6 is 0 Å². The molecule has 104 valence electrons. The predicted molar refractivity (Wildman–Crippen MR) is 84.4 cm³/mol. The first kappa shape index (κ1) is 12.4. The van der Waals surface area contributed by atoms with E-state index in [2.05, 4.69) is 16.4 Å². The van der Waals surface area contributed by atoms with Gasteiger partial charge in [-0.1, -0.05) is 36.4 Å². The summed E-state index contributed by atoms with van der Waals surface area (Å²) in [6.07, 6.45) is 3.98. The molecule has 3 nitrogen and oxygen atoms in total. The zero-order valence-corrected chi connectivity index (χ0v) is 11.6. The van der Waals surface area contributed by atoms with Gasteiger partial charge in [-0.05, 0) is 29.0 Å². The number of anilines is 1. The quantitative estimate of drug-likeness (QED) is 0.755. The van der Waals surface area contributed by atoms with E-state index in [1.807, 2.05) is 42.6 Å². The molecule has 2 heterocycles. The van der Waals surface area contributed by atoms with Gasteiger partial charge in [-0.3, -0.25) is 4.98 Å². The standard InChI is InChI=1S/C18H16N2O/c21-18(15-6-2-4-13-8-10-20-17(13)15)14-5-1-3-12-7-9-19-11-16(12)14/h1-7,9,11,18,20-21H,8,10H2. The molecule has 0 bridgehead atoms. The van der Waals surface area contributed by atoms with Gasteiger partial charge in [0.15, 0.2) is 0 Å². The molecule has 0 aliphatic carbocycles. The fourth-order valence-corrected chi connectivity index (χ4v) is 3.14. The van der Waals surface area contributed by atoms with Gasteiger partial charge in [-0.2, -0.15) is 0 Å². The molecule has 0 radical (unpaired) electrons. The van der Waals surface area contributed by atoms with Gasteiger partial charge < -0.3 is 10.4 Å². The molecule has 0 fully saturated rings. The Morgan fingerprint density at radius 1 is 1.05 bits per heavy atom. The van der Waals surface area contributed by atoms with Crippen molar-refractivity contribution in [3.8, 4) is 0 Å². The lowest BCUT2D eigenvalue weighted by Crippen LogP contribution is -2.04. The molecule has 1 aliphatic rings. The van der Waals surface area contributed by atoms with E-state index >= 15 is 0 Å².